The number of nitriles is 1. The molecular formula is C10H8Cl2N2. The Balaban J connectivity index is 2.46. The summed E-state index contributed by atoms with van der Waals surface area (Å²) in [7, 11) is 0. The van der Waals surface area contributed by atoms with Gasteiger partial charge in [-0.1, -0.05) is 23.2 Å². The minimum absolute atomic E-state index is 0.367. The normalized spacial score (nSPS) is 18.4. The molecule has 1 aliphatic rings. The highest BCUT2D eigenvalue weighted by Crippen LogP contribution is 2.45. The van der Waals surface area contributed by atoms with Gasteiger partial charge in [0.1, 0.15) is 5.15 Å². The van der Waals surface area contributed by atoms with E-state index in [9.17, 15) is 0 Å². The fourth-order valence-electron chi connectivity index (χ4n) is 1.73. The Morgan fingerprint density at radius 3 is 2.57 bits per heavy atom. The quantitative estimate of drug-likeness (QED) is 0.690. The molecule has 0 amide bonds. The molecule has 2 nitrogen and oxygen atoms in total. The van der Waals surface area contributed by atoms with E-state index in [0.717, 1.165) is 24.8 Å². The van der Waals surface area contributed by atoms with Crippen molar-refractivity contribution in [1.29, 1.82) is 5.26 Å². The second-order valence-corrected chi connectivity index (χ2v) is 4.33. The number of hydrogen-bond donors (Lipinski definition) is 0. The molecule has 2 rings (SSSR count). The van der Waals surface area contributed by atoms with Crippen LogP contribution in [-0.4, -0.2) is 4.98 Å². The van der Waals surface area contributed by atoms with E-state index in [1.54, 1.807) is 12.3 Å². The number of aromatic nitrogens is 1. The molecule has 0 aliphatic heterocycles. The highest BCUT2D eigenvalue weighted by Gasteiger charge is 2.40. The van der Waals surface area contributed by atoms with Crippen LogP contribution in [0.1, 0.15) is 24.8 Å². The Bertz CT molecular complexity index is 405. The molecule has 4 heteroatoms. The van der Waals surface area contributed by atoms with Crippen LogP contribution >= 0.6 is 23.2 Å². The number of halogens is 2. The van der Waals surface area contributed by atoms with E-state index >= 15 is 0 Å². The largest absolute Gasteiger partial charge is 0.244 e. The van der Waals surface area contributed by atoms with Gasteiger partial charge >= 0.3 is 0 Å². The zero-order chi connectivity index (χ0) is 10.2. The zero-order valence-corrected chi connectivity index (χ0v) is 8.94. The first-order valence-corrected chi connectivity index (χ1v) is 5.16. The molecule has 1 aromatic rings. The third kappa shape index (κ3) is 1.37. The first kappa shape index (κ1) is 9.76. The molecule has 14 heavy (non-hydrogen) atoms. The first-order valence-electron chi connectivity index (χ1n) is 4.41. The topological polar surface area (TPSA) is 36.7 Å². The summed E-state index contributed by atoms with van der Waals surface area (Å²) in [6.07, 6.45) is 4.43. The van der Waals surface area contributed by atoms with Gasteiger partial charge in [-0.3, -0.25) is 0 Å². The summed E-state index contributed by atoms with van der Waals surface area (Å²) in [5, 5.41) is 10.0. The van der Waals surface area contributed by atoms with Gasteiger partial charge in [0.25, 0.3) is 0 Å². The van der Waals surface area contributed by atoms with Crippen LogP contribution in [0.25, 0.3) is 0 Å². The maximum Gasteiger partial charge on any atom is 0.130 e. The van der Waals surface area contributed by atoms with Crippen LogP contribution in [0.5, 0.6) is 0 Å². The van der Waals surface area contributed by atoms with Crippen molar-refractivity contribution in [3.8, 4) is 6.07 Å². The molecule has 0 N–H and O–H groups in total. The summed E-state index contributed by atoms with van der Waals surface area (Å²) in [6.45, 7) is 0. The molecule has 0 aromatic carbocycles. The molecule has 72 valence electrons. The minimum Gasteiger partial charge on any atom is -0.244 e. The molecule has 1 aromatic heterocycles. The molecular weight excluding hydrogens is 219 g/mol. The molecule has 0 unspecified atom stereocenters. The molecule has 0 radical (unpaired) electrons. The molecule has 1 heterocycles. The van der Waals surface area contributed by atoms with E-state index in [0.29, 0.717) is 10.2 Å². The van der Waals surface area contributed by atoms with Crippen LogP contribution in [0.3, 0.4) is 0 Å². The fraction of sp³-hybridized carbons (Fsp3) is 0.400. The van der Waals surface area contributed by atoms with Crippen LogP contribution in [0.4, 0.5) is 0 Å². The van der Waals surface area contributed by atoms with Gasteiger partial charge in [0, 0.05) is 16.8 Å². The van der Waals surface area contributed by atoms with Crippen LogP contribution < -0.4 is 0 Å². The predicted molar refractivity (Wildman–Crippen MR) is 55.4 cm³/mol. The molecule has 0 spiro atoms. The van der Waals surface area contributed by atoms with Gasteiger partial charge in [0.2, 0.25) is 0 Å². The molecule has 0 saturated heterocycles. The second kappa shape index (κ2) is 3.42. The number of hydrogen-bond acceptors (Lipinski definition) is 2. The molecule has 0 atom stereocenters. The number of pyridine rings is 1. The Hall–Kier alpha value is -0.780. The third-order valence-electron chi connectivity index (χ3n) is 2.76. The summed E-state index contributed by atoms with van der Waals surface area (Å²) in [5.74, 6) is 0. The van der Waals surface area contributed by atoms with E-state index in [1.807, 2.05) is 0 Å². The zero-order valence-electron chi connectivity index (χ0n) is 7.43. The smallest absolute Gasteiger partial charge is 0.130 e. The Labute approximate surface area is 92.5 Å². The average molecular weight is 227 g/mol. The lowest BCUT2D eigenvalue weighted by Gasteiger charge is -2.35. The van der Waals surface area contributed by atoms with Crippen molar-refractivity contribution in [1.82, 2.24) is 4.98 Å². The van der Waals surface area contributed by atoms with Crippen molar-refractivity contribution in [3.05, 3.63) is 28.0 Å². The molecule has 0 bridgehead atoms. The van der Waals surface area contributed by atoms with Gasteiger partial charge < -0.3 is 0 Å². The summed E-state index contributed by atoms with van der Waals surface area (Å²) in [4.78, 5) is 3.97. The van der Waals surface area contributed by atoms with E-state index in [1.165, 1.54) is 0 Å². The van der Waals surface area contributed by atoms with Crippen LogP contribution in [0, 0.1) is 11.3 Å². The maximum absolute atomic E-state index is 9.11. The van der Waals surface area contributed by atoms with Crippen molar-refractivity contribution < 1.29 is 0 Å². The van der Waals surface area contributed by atoms with Crippen molar-refractivity contribution >= 4 is 23.2 Å². The van der Waals surface area contributed by atoms with Crippen LogP contribution in [0.2, 0.25) is 10.2 Å². The molecule has 1 saturated carbocycles. The summed E-state index contributed by atoms with van der Waals surface area (Å²) < 4.78 is 0. The highest BCUT2D eigenvalue weighted by atomic mass is 35.5. The first-order chi connectivity index (χ1) is 6.68. The number of rotatable bonds is 1. The SMILES string of the molecule is N#CC1(c2cnc(Cl)cc2Cl)CCC1. The van der Waals surface area contributed by atoms with Gasteiger partial charge in [0.15, 0.2) is 0 Å². The maximum atomic E-state index is 9.11. The van der Waals surface area contributed by atoms with Crippen molar-refractivity contribution in [2.75, 3.05) is 0 Å². The second-order valence-electron chi connectivity index (χ2n) is 3.53. The lowest BCUT2D eigenvalue weighted by atomic mass is 9.66. The van der Waals surface area contributed by atoms with Crippen LogP contribution in [-0.2, 0) is 5.41 Å². The Kier molecular flexibility index (Phi) is 2.38. The van der Waals surface area contributed by atoms with E-state index in [4.69, 9.17) is 28.5 Å². The van der Waals surface area contributed by atoms with E-state index < -0.39 is 5.41 Å². The van der Waals surface area contributed by atoms with Crippen molar-refractivity contribution in [2.24, 2.45) is 0 Å². The van der Waals surface area contributed by atoms with Gasteiger partial charge in [-0.15, -0.1) is 0 Å². The molecule has 1 fully saturated rings. The molecule has 1 aliphatic carbocycles. The average Bonchev–Trinajstić information content (AvgIpc) is 2.07. The van der Waals surface area contributed by atoms with Crippen molar-refractivity contribution in [2.45, 2.75) is 24.7 Å². The Morgan fingerprint density at radius 1 is 1.43 bits per heavy atom. The monoisotopic (exact) mass is 226 g/mol. The van der Waals surface area contributed by atoms with Gasteiger partial charge in [-0.25, -0.2) is 4.98 Å². The standard InChI is InChI=1S/C10H8Cl2N2/c11-8-4-9(12)14-5-7(8)10(6-13)2-1-3-10/h4-5H,1-3H2. The predicted octanol–water partition coefficient (Wildman–Crippen LogP) is 3.33. The Morgan fingerprint density at radius 2 is 2.14 bits per heavy atom. The van der Waals surface area contributed by atoms with E-state index in [2.05, 4.69) is 11.1 Å². The van der Waals surface area contributed by atoms with Gasteiger partial charge in [-0.2, -0.15) is 5.26 Å². The van der Waals surface area contributed by atoms with Gasteiger partial charge in [0.05, 0.1) is 11.5 Å². The van der Waals surface area contributed by atoms with E-state index in [-0.39, 0.29) is 0 Å². The summed E-state index contributed by atoms with van der Waals surface area (Å²) >= 11 is 11.7. The fourth-order valence-corrected chi connectivity index (χ4v) is 2.28. The minimum atomic E-state index is -0.408. The third-order valence-corrected chi connectivity index (χ3v) is 3.28. The van der Waals surface area contributed by atoms with Gasteiger partial charge in [-0.05, 0) is 25.3 Å². The lowest BCUT2D eigenvalue weighted by Crippen LogP contribution is -2.32. The number of nitrogens with zero attached hydrogens (tertiary/aromatic N) is 2. The van der Waals surface area contributed by atoms with Crippen LogP contribution in [0.15, 0.2) is 12.3 Å². The summed E-state index contributed by atoms with van der Waals surface area (Å²) in [5.41, 5.74) is 0.409. The lowest BCUT2D eigenvalue weighted by molar-refractivity contribution is 0.323. The summed E-state index contributed by atoms with van der Waals surface area (Å²) in [6, 6.07) is 3.92. The highest BCUT2D eigenvalue weighted by molar-refractivity contribution is 6.34. The van der Waals surface area contributed by atoms with Crippen molar-refractivity contribution in [3.63, 3.8) is 0 Å².